The third-order valence-electron chi connectivity index (χ3n) is 5.95. The van der Waals surface area contributed by atoms with Crippen LogP contribution in [0.3, 0.4) is 0 Å². The molecule has 0 amide bonds. The molecule has 0 unspecified atom stereocenters. The van der Waals surface area contributed by atoms with Gasteiger partial charge in [-0.3, -0.25) is 4.99 Å². The third-order valence-corrected chi connectivity index (χ3v) is 5.95. The number of rotatable bonds is 8. The van der Waals surface area contributed by atoms with Gasteiger partial charge in [0, 0.05) is 70.3 Å². The summed E-state index contributed by atoms with van der Waals surface area (Å²) in [7, 11) is 1.70. The predicted octanol–water partition coefficient (Wildman–Crippen LogP) is 3.27. The summed E-state index contributed by atoms with van der Waals surface area (Å²) in [4.78, 5) is 14.3. The van der Waals surface area contributed by atoms with Gasteiger partial charge in [-0.25, -0.2) is 4.98 Å². The highest BCUT2D eigenvalue weighted by Gasteiger charge is 2.20. The molecule has 0 aliphatic carbocycles. The average Bonchev–Trinajstić information content (AvgIpc) is 3.31. The summed E-state index contributed by atoms with van der Waals surface area (Å²) >= 11 is 0. The monoisotopic (exact) mass is 446 g/mol. The van der Waals surface area contributed by atoms with Gasteiger partial charge in [0.2, 0.25) is 0 Å². The first kappa shape index (κ1) is 22.7. The van der Waals surface area contributed by atoms with Crippen molar-refractivity contribution in [3.05, 3.63) is 78.4 Å². The molecule has 0 spiro atoms. The van der Waals surface area contributed by atoms with Gasteiger partial charge in [-0.1, -0.05) is 30.3 Å². The Bertz CT molecular complexity index is 1010. The van der Waals surface area contributed by atoms with E-state index in [1.165, 1.54) is 11.3 Å². The standard InChI is InChI=1S/C26H34N6O/c1-3-27-26(31-19-17-30(18-20-31)23-9-11-24(33-2)12-10-23)29-14-13-25-28-15-16-32(25)21-22-7-5-4-6-8-22/h4-12,15-16H,3,13-14,17-21H2,1-2H3,(H,27,29). The van der Waals surface area contributed by atoms with Crippen LogP contribution in [0.15, 0.2) is 72.0 Å². The number of imidazole rings is 1. The molecule has 33 heavy (non-hydrogen) atoms. The van der Waals surface area contributed by atoms with Crippen molar-refractivity contribution in [1.29, 1.82) is 0 Å². The summed E-state index contributed by atoms with van der Waals surface area (Å²) in [5, 5.41) is 3.47. The van der Waals surface area contributed by atoms with Crippen LogP contribution in [0.5, 0.6) is 5.75 Å². The summed E-state index contributed by atoms with van der Waals surface area (Å²) in [6, 6.07) is 18.8. The van der Waals surface area contributed by atoms with Gasteiger partial charge in [0.05, 0.1) is 7.11 Å². The van der Waals surface area contributed by atoms with Crippen LogP contribution in [-0.2, 0) is 13.0 Å². The molecule has 7 heteroatoms. The number of piperazine rings is 1. The molecular weight excluding hydrogens is 412 g/mol. The fourth-order valence-corrected chi connectivity index (χ4v) is 4.15. The quantitative estimate of drug-likeness (QED) is 0.425. The number of ether oxygens (including phenoxy) is 1. The molecule has 7 nitrogen and oxygen atoms in total. The van der Waals surface area contributed by atoms with Crippen molar-refractivity contribution in [2.24, 2.45) is 4.99 Å². The van der Waals surface area contributed by atoms with Crippen molar-refractivity contribution in [1.82, 2.24) is 19.8 Å². The second-order valence-corrected chi connectivity index (χ2v) is 8.11. The van der Waals surface area contributed by atoms with Crippen LogP contribution in [0.25, 0.3) is 0 Å². The molecule has 4 rings (SSSR count). The van der Waals surface area contributed by atoms with Crippen LogP contribution in [-0.4, -0.2) is 66.8 Å². The molecule has 174 valence electrons. The van der Waals surface area contributed by atoms with Crippen molar-refractivity contribution >= 4 is 11.6 Å². The first-order valence-corrected chi connectivity index (χ1v) is 11.7. The van der Waals surface area contributed by atoms with E-state index in [-0.39, 0.29) is 0 Å². The minimum absolute atomic E-state index is 0.715. The number of nitrogens with zero attached hydrogens (tertiary/aromatic N) is 5. The summed E-state index contributed by atoms with van der Waals surface area (Å²) < 4.78 is 7.49. The molecule has 1 aliphatic heterocycles. The minimum atomic E-state index is 0.715. The van der Waals surface area contributed by atoms with Crippen LogP contribution in [0.4, 0.5) is 5.69 Å². The van der Waals surface area contributed by atoms with Gasteiger partial charge in [-0.15, -0.1) is 0 Å². The Morgan fingerprint density at radius 1 is 1.03 bits per heavy atom. The number of benzene rings is 2. The SMILES string of the molecule is CCNC(=NCCc1nccn1Cc1ccccc1)N1CCN(c2ccc(OC)cc2)CC1. The molecule has 3 aromatic rings. The molecule has 1 aliphatic rings. The predicted molar refractivity (Wildman–Crippen MR) is 134 cm³/mol. The Hall–Kier alpha value is -3.48. The smallest absolute Gasteiger partial charge is 0.194 e. The molecule has 0 saturated carbocycles. The third kappa shape index (κ3) is 6.06. The number of hydrogen-bond acceptors (Lipinski definition) is 4. The maximum absolute atomic E-state index is 5.28. The zero-order chi connectivity index (χ0) is 22.9. The van der Waals surface area contributed by atoms with E-state index in [1.807, 2.05) is 24.4 Å². The second-order valence-electron chi connectivity index (χ2n) is 8.11. The number of hydrogen-bond donors (Lipinski definition) is 1. The van der Waals surface area contributed by atoms with Gasteiger partial charge in [-0.05, 0) is 36.8 Å². The Morgan fingerprint density at radius 2 is 1.79 bits per heavy atom. The number of aliphatic imine (C=N–C) groups is 1. The summed E-state index contributed by atoms with van der Waals surface area (Å²) in [6.45, 7) is 8.37. The number of aromatic nitrogens is 2. The van der Waals surface area contributed by atoms with Crippen LogP contribution >= 0.6 is 0 Å². The van der Waals surface area contributed by atoms with E-state index in [1.54, 1.807) is 7.11 Å². The van der Waals surface area contributed by atoms with Gasteiger partial charge in [0.25, 0.3) is 0 Å². The van der Waals surface area contributed by atoms with Gasteiger partial charge in [0.15, 0.2) is 5.96 Å². The highest BCUT2D eigenvalue weighted by atomic mass is 16.5. The highest BCUT2D eigenvalue weighted by Crippen LogP contribution is 2.20. The van der Waals surface area contributed by atoms with E-state index in [4.69, 9.17) is 9.73 Å². The van der Waals surface area contributed by atoms with Crippen LogP contribution in [0.2, 0.25) is 0 Å². The topological polar surface area (TPSA) is 57.9 Å². The lowest BCUT2D eigenvalue weighted by molar-refractivity contribution is 0.372. The Labute approximate surface area is 196 Å². The van der Waals surface area contributed by atoms with Crippen molar-refractivity contribution in [3.8, 4) is 5.75 Å². The largest absolute Gasteiger partial charge is 0.497 e. The highest BCUT2D eigenvalue weighted by molar-refractivity contribution is 5.80. The van der Waals surface area contributed by atoms with Crippen molar-refractivity contribution in [2.45, 2.75) is 19.9 Å². The zero-order valence-electron chi connectivity index (χ0n) is 19.7. The number of nitrogens with one attached hydrogen (secondary N) is 1. The zero-order valence-corrected chi connectivity index (χ0v) is 19.7. The normalized spacial score (nSPS) is 14.4. The Kier molecular flexibility index (Phi) is 7.85. The molecule has 1 aromatic heterocycles. The van der Waals surface area contributed by atoms with Crippen molar-refractivity contribution in [3.63, 3.8) is 0 Å². The fourth-order valence-electron chi connectivity index (χ4n) is 4.15. The first-order chi connectivity index (χ1) is 16.3. The molecule has 2 aromatic carbocycles. The van der Waals surface area contributed by atoms with Crippen molar-refractivity contribution in [2.75, 3.05) is 51.3 Å². The molecule has 0 atom stereocenters. The van der Waals surface area contributed by atoms with E-state index < -0.39 is 0 Å². The van der Waals surface area contributed by atoms with Crippen molar-refractivity contribution < 1.29 is 4.74 Å². The Morgan fingerprint density at radius 3 is 2.48 bits per heavy atom. The lowest BCUT2D eigenvalue weighted by atomic mass is 10.2. The van der Waals surface area contributed by atoms with Crippen LogP contribution in [0, 0.1) is 0 Å². The average molecular weight is 447 g/mol. The lowest BCUT2D eigenvalue weighted by Crippen LogP contribution is -2.52. The molecule has 0 radical (unpaired) electrons. The fraction of sp³-hybridized carbons (Fsp3) is 0.385. The summed E-state index contributed by atoms with van der Waals surface area (Å²) in [5.41, 5.74) is 2.52. The molecule has 1 saturated heterocycles. The second kappa shape index (κ2) is 11.4. The maximum atomic E-state index is 5.28. The van der Waals surface area contributed by atoms with Gasteiger partial charge >= 0.3 is 0 Å². The van der Waals surface area contributed by atoms with Gasteiger partial charge in [0.1, 0.15) is 11.6 Å². The van der Waals surface area contributed by atoms with E-state index in [0.717, 1.165) is 63.2 Å². The summed E-state index contributed by atoms with van der Waals surface area (Å²) in [6.07, 6.45) is 4.75. The van der Waals surface area contributed by atoms with Gasteiger partial charge in [-0.2, -0.15) is 0 Å². The molecule has 2 heterocycles. The Balaban J connectivity index is 1.32. The molecule has 1 fully saturated rings. The molecule has 0 bridgehead atoms. The number of anilines is 1. The minimum Gasteiger partial charge on any atom is -0.497 e. The van der Waals surface area contributed by atoms with E-state index in [9.17, 15) is 0 Å². The van der Waals surface area contributed by atoms with Crippen LogP contribution < -0.4 is 15.0 Å². The van der Waals surface area contributed by atoms with Gasteiger partial charge < -0.3 is 24.4 Å². The maximum Gasteiger partial charge on any atom is 0.194 e. The number of methoxy groups -OCH3 is 1. The molecular formula is C26H34N6O. The van der Waals surface area contributed by atoms with E-state index in [0.29, 0.717) is 6.54 Å². The summed E-state index contributed by atoms with van der Waals surface area (Å²) in [5.74, 6) is 2.96. The van der Waals surface area contributed by atoms with Crippen LogP contribution in [0.1, 0.15) is 18.3 Å². The van der Waals surface area contributed by atoms with E-state index in [2.05, 4.69) is 74.2 Å². The first-order valence-electron chi connectivity index (χ1n) is 11.7. The number of guanidine groups is 1. The van der Waals surface area contributed by atoms with E-state index >= 15 is 0 Å². The molecule has 1 N–H and O–H groups in total. The lowest BCUT2D eigenvalue weighted by Gasteiger charge is -2.37.